The maximum Gasteiger partial charge on any atom is 0.128 e. The van der Waals surface area contributed by atoms with Crippen LogP contribution in [0.1, 0.15) is 22.3 Å². The molecule has 0 radical (unpaired) electrons. The number of nitrogens with one attached hydrogen (secondary N) is 1. The van der Waals surface area contributed by atoms with E-state index in [1.54, 1.807) is 0 Å². The molecule has 0 aromatic heterocycles. The monoisotopic (exact) mass is 275 g/mol. The minimum Gasteiger partial charge on any atom is -0.399 e. The first-order valence-corrected chi connectivity index (χ1v) is 7.28. The van der Waals surface area contributed by atoms with Gasteiger partial charge in [-0.25, -0.2) is 0 Å². The van der Waals surface area contributed by atoms with Crippen LogP contribution in [0.4, 0.5) is 5.69 Å². The minimum absolute atomic E-state index is 0.808. The highest BCUT2D eigenvalue weighted by Gasteiger charge is 2.16. The van der Waals surface area contributed by atoms with Gasteiger partial charge in [-0.3, -0.25) is 4.99 Å². The van der Waals surface area contributed by atoms with E-state index in [-0.39, 0.29) is 0 Å². The Morgan fingerprint density at radius 3 is 2.57 bits per heavy atom. The van der Waals surface area contributed by atoms with E-state index in [1.807, 2.05) is 12.1 Å². The summed E-state index contributed by atoms with van der Waals surface area (Å²) in [6, 6.07) is 14.7. The summed E-state index contributed by atoms with van der Waals surface area (Å²) in [4.78, 5) is 4.49. The molecule has 0 fully saturated rings. The summed E-state index contributed by atoms with van der Waals surface area (Å²) in [6.07, 6.45) is 3.24. The number of nitrogens with zero attached hydrogens (tertiary/aromatic N) is 1. The Kier molecular flexibility index (Phi) is 2.78. The number of amidine groups is 1. The van der Waals surface area contributed by atoms with Crippen molar-refractivity contribution in [2.24, 2.45) is 4.99 Å². The van der Waals surface area contributed by atoms with Crippen molar-refractivity contribution in [3.63, 3.8) is 0 Å². The molecule has 0 spiro atoms. The van der Waals surface area contributed by atoms with E-state index in [1.165, 1.54) is 27.8 Å². The van der Waals surface area contributed by atoms with Crippen molar-refractivity contribution in [3.05, 3.63) is 64.7 Å². The zero-order valence-corrected chi connectivity index (χ0v) is 11.8. The zero-order valence-electron chi connectivity index (χ0n) is 11.8. The van der Waals surface area contributed by atoms with Crippen LogP contribution in [0, 0.1) is 0 Å². The van der Waals surface area contributed by atoms with E-state index in [9.17, 15) is 0 Å². The van der Waals surface area contributed by atoms with Crippen molar-refractivity contribution >= 4 is 23.2 Å². The van der Waals surface area contributed by atoms with E-state index < -0.39 is 0 Å². The van der Waals surface area contributed by atoms with Gasteiger partial charge in [0.1, 0.15) is 5.84 Å². The fourth-order valence-electron chi connectivity index (χ4n) is 2.96. The Labute approximate surface area is 124 Å². The van der Waals surface area contributed by atoms with Crippen LogP contribution in [0.2, 0.25) is 0 Å². The maximum absolute atomic E-state index is 5.76. The molecule has 2 aromatic carbocycles. The molecular weight excluding hydrogens is 258 g/mol. The first-order valence-electron chi connectivity index (χ1n) is 7.28. The van der Waals surface area contributed by atoms with Gasteiger partial charge in [-0.15, -0.1) is 0 Å². The van der Waals surface area contributed by atoms with E-state index >= 15 is 0 Å². The molecule has 3 heteroatoms. The molecule has 2 aliphatic rings. The molecule has 3 N–H and O–H groups in total. The number of benzene rings is 2. The van der Waals surface area contributed by atoms with Crippen molar-refractivity contribution in [2.45, 2.75) is 6.42 Å². The van der Waals surface area contributed by atoms with Gasteiger partial charge in [-0.1, -0.05) is 30.3 Å². The summed E-state index contributed by atoms with van der Waals surface area (Å²) in [5.74, 6) is 1.03. The number of rotatable bonds is 2. The highest BCUT2D eigenvalue weighted by atomic mass is 15.1. The van der Waals surface area contributed by atoms with Crippen LogP contribution < -0.4 is 11.1 Å². The van der Waals surface area contributed by atoms with Crippen LogP contribution in [0.3, 0.4) is 0 Å². The van der Waals surface area contributed by atoms with Crippen LogP contribution in [-0.2, 0) is 6.42 Å². The number of allylic oxidation sites excluding steroid dienone is 1. The van der Waals surface area contributed by atoms with Crippen molar-refractivity contribution in [2.75, 3.05) is 18.8 Å². The molecule has 2 aromatic rings. The maximum atomic E-state index is 5.76. The molecule has 0 bridgehead atoms. The fraction of sp³-hybridized carbons (Fsp3) is 0.167. The van der Waals surface area contributed by atoms with Crippen molar-refractivity contribution in [1.82, 2.24) is 5.32 Å². The van der Waals surface area contributed by atoms with Gasteiger partial charge in [-0.05, 0) is 46.9 Å². The van der Waals surface area contributed by atoms with E-state index in [2.05, 4.69) is 46.7 Å². The predicted molar refractivity (Wildman–Crippen MR) is 88.3 cm³/mol. The van der Waals surface area contributed by atoms with E-state index in [0.717, 1.165) is 31.0 Å². The zero-order chi connectivity index (χ0) is 14.2. The van der Waals surface area contributed by atoms with Crippen LogP contribution in [0.15, 0.2) is 47.5 Å². The third-order valence-corrected chi connectivity index (χ3v) is 4.08. The van der Waals surface area contributed by atoms with Gasteiger partial charge in [0.05, 0.1) is 6.54 Å². The lowest BCUT2D eigenvalue weighted by Crippen LogP contribution is -2.19. The topological polar surface area (TPSA) is 50.4 Å². The van der Waals surface area contributed by atoms with Gasteiger partial charge >= 0.3 is 0 Å². The lowest BCUT2D eigenvalue weighted by Gasteiger charge is -2.06. The first-order chi connectivity index (χ1) is 10.3. The molecule has 4 rings (SSSR count). The molecular formula is C18H17N3. The molecule has 3 nitrogen and oxygen atoms in total. The highest BCUT2D eigenvalue weighted by Crippen LogP contribution is 2.32. The average Bonchev–Trinajstić information content (AvgIpc) is 3.16. The van der Waals surface area contributed by atoms with Crippen molar-refractivity contribution in [1.29, 1.82) is 0 Å². The second kappa shape index (κ2) is 4.77. The van der Waals surface area contributed by atoms with E-state index in [0.29, 0.717) is 0 Å². The number of fused-ring (bicyclic) bond motifs is 1. The summed E-state index contributed by atoms with van der Waals surface area (Å²) in [7, 11) is 0. The Balaban J connectivity index is 1.64. The quantitative estimate of drug-likeness (QED) is 0.828. The number of hydrogen-bond donors (Lipinski definition) is 2. The average molecular weight is 275 g/mol. The van der Waals surface area contributed by atoms with Gasteiger partial charge in [0.25, 0.3) is 0 Å². The Morgan fingerprint density at radius 1 is 1.00 bits per heavy atom. The molecule has 0 amide bonds. The SMILES string of the molecule is Nc1ccc(C2=Cc3ccc(C4=NCCN4)cc3C2)cc1. The molecule has 1 heterocycles. The van der Waals surface area contributed by atoms with Gasteiger partial charge < -0.3 is 11.1 Å². The molecule has 21 heavy (non-hydrogen) atoms. The summed E-state index contributed by atoms with van der Waals surface area (Å²) in [6.45, 7) is 1.82. The van der Waals surface area contributed by atoms with Crippen molar-refractivity contribution < 1.29 is 0 Å². The van der Waals surface area contributed by atoms with Gasteiger partial charge in [0.2, 0.25) is 0 Å². The number of aliphatic imine (C=N–C) groups is 1. The molecule has 0 saturated carbocycles. The first kappa shape index (κ1) is 12.2. The van der Waals surface area contributed by atoms with Crippen LogP contribution in [0.5, 0.6) is 0 Å². The third-order valence-electron chi connectivity index (χ3n) is 4.08. The largest absolute Gasteiger partial charge is 0.399 e. The normalized spacial score (nSPS) is 16.2. The minimum atomic E-state index is 0.808. The fourth-order valence-corrected chi connectivity index (χ4v) is 2.96. The van der Waals surface area contributed by atoms with Crippen molar-refractivity contribution in [3.8, 4) is 0 Å². The Morgan fingerprint density at radius 2 is 1.81 bits per heavy atom. The molecule has 104 valence electrons. The number of nitrogens with two attached hydrogens (primary N) is 1. The third kappa shape index (κ3) is 2.21. The lowest BCUT2D eigenvalue weighted by atomic mass is 10.0. The molecule has 0 atom stereocenters. The Bertz CT molecular complexity index is 755. The molecule has 1 aliphatic heterocycles. The summed E-state index contributed by atoms with van der Waals surface area (Å²) in [5, 5.41) is 3.33. The summed E-state index contributed by atoms with van der Waals surface area (Å²) in [5.41, 5.74) is 13.0. The van der Waals surface area contributed by atoms with Crippen LogP contribution >= 0.6 is 0 Å². The standard InChI is InChI=1S/C18H17N3/c19-17-5-3-12(4-6-17)15-9-13-1-2-14(10-16(13)11-15)18-20-7-8-21-18/h1-6,9-10H,7-8,11,19H2,(H,20,21). The highest BCUT2D eigenvalue weighted by molar-refractivity contribution is 6.01. The number of hydrogen-bond acceptors (Lipinski definition) is 3. The van der Waals surface area contributed by atoms with E-state index in [4.69, 9.17) is 5.73 Å². The molecule has 0 saturated heterocycles. The molecule has 1 aliphatic carbocycles. The predicted octanol–water partition coefficient (Wildman–Crippen LogP) is 2.72. The number of anilines is 1. The summed E-state index contributed by atoms with van der Waals surface area (Å²) >= 11 is 0. The second-order valence-corrected chi connectivity index (χ2v) is 5.54. The second-order valence-electron chi connectivity index (χ2n) is 5.54. The lowest BCUT2D eigenvalue weighted by molar-refractivity contribution is 0.960. The smallest absolute Gasteiger partial charge is 0.128 e. The van der Waals surface area contributed by atoms with Crippen LogP contribution in [0.25, 0.3) is 11.6 Å². The van der Waals surface area contributed by atoms with Gasteiger partial charge in [0, 0.05) is 17.8 Å². The van der Waals surface area contributed by atoms with Gasteiger partial charge in [0.15, 0.2) is 0 Å². The molecule has 0 unspecified atom stereocenters. The number of nitrogen functional groups attached to an aromatic ring is 1. The summed E-state index contributed by atoms with van der Waals surface area (Å²) < 4.78 is 0. The van der Waals surface area contributed by atoms with Crippen LogP contribution in [-0.4, -0.2) is 18.9 Å². The Hall–Kier alpha value is -2.55. The van der Waals surface area contributed by atoms with Gasteiger partial charge in [-0.2, -0.15) is 0 Å².